The van der Waals surface area contributed by atoms with E-state index in [1.165, 1.54) is 7.11 Å². The highest BCUT2D eigenvalue weighted by atomic mass is 31.1. The van der Waals surface area contributed by atoms with E-state index in [-0.39, 0.29) is 0 Å². The molecule has 0 aromatic carbocycles. The highest BCUT2D eigenvalue weighted by Crippen LogP contribution is 2.20. The van der Waals surface area contributed by atoms with Crippen LogP contribution >= 0.6 is 8.25 Å². The quantitative estimate of drug-likeness (QED) is 0.452. The molecule has 0 saturated heterocycles. The van der Waals surface area contributed by atoms with Crippen LogP contribution in [0.2, 0.25) is 0 Å². The second kappa shape index (κ2) is 5.89. The van der Waals surface area contributed by atoms with E-state index >= 15 is 0 Å². The van der Waals surface area contributed by atoms with Crippen LogP contribution in [0.1, 0.15) is 6.92 Å². The highest BCUT2D eigenvalue weighted by molar-refractivity contribution is 7.33. The van der Waals surface area contributed by atoms with Gasteiger partial charge in [0.15, 0.2) is 0 Å². The monoisotopic (exact) mass is 149 g/mol. The minimum absolute atomic E-state index is 0.347. The van der Waals surface area contributed by atoms with Crippen molar-refractivity contribution in [3.63, 3.8) is 0 Å². The van der Waals surface area contributed by atoms with Crippen molar-refractivity contribution in [3.8, 4) is 0 Å². The van der Waals surface area contributed by atoms with Gasteiger partial charge in [0.25, 0.3) is 0 Å². The molecule has 0 spiro atoms. The standard InChI is InChI=1S/C5H10O3P/c1-3-4-5-8-9(6)7-2/h3-4H,5H2,1-2H3/q+1. The molecule has 4 heteroatoms. The van der Waals surface area contributed by atoms with Crippen molar-refractivity contribution in [1.29, 1.82) is 0 Å². The first-order valence-electron chi connectivity index (χ1n) is 2.56. The van der Waals surface area contributed by atoms with Gasteiger partial charge in [-0.15, -0.1) is 9.05 Å². The van der Waals surface area contributed by atoms with Crippen LogP contribution in [0.4, 0.5) is 0 Å². The van der Waals surface area contributed by atoms with Crippen molar-refractivity contribution in [1.82, 2.24) is 0 Å². The third-order valence-corrected chi connectivity index (χ3v) is 1.32. The lowest BCUT2D eigenvalue weighted by Crippen LogP contribution is -1.79. The van der Waals surface area contributed by atoms with Gasteiger partial charge in [0.05, 0.1) is 7.11 Å². The van der Waals surface area contributed by atoms with Gasteiger partial charge in [-0.1, -0.05) is 12.2 Å². The predicted molar refractivity (Wildman–Crippen MR) is 35.4 cm³/mol. The van der Waals surface area contributed by atoms with Gasteiger partial charge in [0.1, 0.15) is 6.61 Å². The van der Waals surface area contributed by atoms with E-state index in [4.69, 9.17) is 0 Å². The van der Waals surface area contributed by atoms with Crippen molar-refractivity contribution in [2.24, 2.45) is 0 Å². The predicted octanol–water partition coefficient (Wildman–Crippen LogP) is 1.88. The van der Waals surface area contributed by atoms with Crippen molar-refractivity contribution in [2.45, 2.75) is 6.92 Å². The Morgan fingerprint density at radius 3 is 2.78 bits per heavy atom. The largest absolute Gasteiger partial charge is 0.697 e. The molecule has 0 bridgehead atoms. The molecular weight excluding hydrogens is 139 g/mol. The van der Waals surface area contributed by atoms with Crippen LogP contribution in [0.3, 0.4) is 0 Å². The summed E-state index contributed by atoms with van der Waals surface area (Å²) < 4.78 is 19.3. The average Bonchev–Trinajstić information content (AvgIpc) is 1.89. The van der Waals surface area contributed by atoms with Gasteiger partial charge in [-0.2, -0.15) is 0 Å². The van der Waals surface area contributed by atoms with E-state index < -0.39 is 8.25 Å². The van der Waals surface area contributed by atoms with Gasteiger partial charge in [-0.3, -0.25) is 0 Å². The topological polar surface area (TPSA) is 35.5 Å². The molecule has 0 aliphatic rings. The SMILES string of the molecule is CC=CCO[P+](=O)OC. The lowest BCUT2D eigenvalue weighted by Gasteiger charge is -1.78. The van der Waals surface area contributed by atoms with Crippen LogP contribution in [0.5, 0.6) is 0 Å². The highest BCUT2D eigenvalue weighted by Gasteiger charge is 2.14. The number of hydrogen-bond donors (Lipinski definition) is 0. The Balaban J connectivity index is 3.17. The first-order chi connectivity index (χ1) is 4.31. The zero-order chi connectivity index (χ0) is 7.11. The second-order valence-electron chi connectivity index (χ2n) is 1.27. The maximum Gasteiger partial charge on any atom is 0.697 e. The van der Waals surface area contributed by atoms with E-state index in [2.05, 4.69) is 9.05 Å². The zero-order valence-electron chi connectivity index (χ0n) is 5.53. The van der Waals surface area contributed by atoms with Crippen molar-refractivity contribution in [3.05, 3.63) is 12.2 Å². The normalized spacial score (nSPS) is 12.4. The van der Waals surface area contributed by atoms with Gasteiger partial charge >= 0.3 is 8.25 Å². The van der Waals surface area contributed by atoms with Gasteiger partial charge in [0, 0.05) is 4.57 Å². The van der Waals surface area contributed by atoms with Crippen LogP contribution in [0.25, 0.3) is 0 Å². The van der Waals surface area contributed by atoms with E-state index in [0.717, 1.165) is 0 Å². The maximum atomic E-state index is 10.4. The second-order valence-corrected chi connectivity index (χ2v) is 2.34. The summed E-state index contributed by atoms with van der Waals surface area (Å²) in [6.07, 6.45) is 3.57. The summed E-state index contributed by atoms with van der Waals surface area (Å²) in [7, 11) is -0.550. The Labute approximate surface area is 55.6 Å². The Kier molecular flexibility index (Phi) is 5.73. The zero-order valence-corrected chi connectivity index (χ0v) is 6.43. The lowest BCUT2D eigenvalue weighted by atomic mass is 10.6. The van der Waals surface area contributed by atoms with E-state index in [9.17, 15) is 4.57 Å². The molecular formula is C5H10O3P+. The maximum absolute atomic E-state index is 10.4. The Bertz CT molecular complexity index is 111. The molecule has 1 unspecified atom stereocenters. The Morgan fingerprint density at radius 2 is 2.33 bits per heavy atom. The molecule has 0 N–H and O–H groups in total. The summed E-state index contributed by atoms with van der Waals surface area (Å²) >= 11 is 0. The molecule has 0 aliphatic heterocycles. The summed E-state index contributed by atoms with van der Waals surface area (Å²) in [6.45, 7) is 2.21. The molecule has 0 aliphatic carbocycles. The first kappa shape index (κ1) is 8.76. The molecule has 0 aromatic heterocycles. The molecule has 0 aromatic rings. The smallest absolute Gasteiger partial charge is 0.122 e. The van der Waals surface area contributed by atoms with Crippen molar-refractivity contribution in [2.75, 3.05) is 13.7 Å². The summed E-state index contributed by atoms with van der Waals surface area (Å²) in [5.41, 5.74) is 0. The summed E-state index contributed by atoms with van der Waals surface area (Å²) in [5, 5.41) is 0. The summed E-state index contributed by atoms with van der Waals surface area (Å²) in [6, 6.07) is 0. The molecule has 0 amide bonds. The summed E-state index contributed by atoms with van der Waals surface area (Å²) in [4.78, 5) is 0. The fourth-order valence-electron chi connectivity index (χ4n) is 0.253. The molecule has 0 saturated carbocycles. The van der Waals surface area contributed by atoms with Crippen molar-refractivity contribution >= 4 is 8.25 Å². The third kappa shape index (κ3) is 5.63. The van der Waals surface area contributed by atoms with Crippen LogP contribution in [0.15, 0.2) is 12.2 Å². The van der Waals surface area contributed by atoms with Gasteiger partial charge in [0.2, 0.25) is 0 Å². The third-order valence-electron chi connectivity index (χ3n) is 0.661. The number of hydrogen-bond acceptors (Lipinski definition) is 3. The van der Waals surface area contributed by atoms with Gasteiger partial charge in [-0.05, 0) is 6.92 Å². The molecule has 0 rings (SSSR count). The number of allylic oxidation sites excluding steroid dienone is 1. The van der Waals surface area contributed by atoms with E-state index in [1.54, 1.807) is 6.08 Å². The number of rotatable bonds is 4. The first-order valence-corrected chi connectivity index (χ1v) is 3.66. The van der Waals surface area contributed by atoms with Crippen LogP contribution in [-0.4, -0.2) is 13.7 Å². The van der Waals surface area contributed by atoms with E-state index in [1.807, 2.05) is 13.0 Å². The fourth-order valence-corrected chi connectivity index (χ4v) is 0.566. The molecule has 1 atom stereocenters. The molecule has 3 nitrogen and oxygen atoms in total. The molecule has 0 fully saturated rings. The molecule has 52 valence electrons. The summed E-state index contributed by atoms with van der Waals surface area (Å²) in [5.74, 6) is 0. The Morgan fingerprint density at radius 1 is 1.67 bits per heavy atom. The minimum Gasteiger partial charge on any atom is -0.122 e. The molecule has 0 heterocycles. The van der Waals surface area contributed by atoms with E-state index in [0.29, 0.717) is 6.61 Å². The molecule has 9 heavy (non-hydrogen) atoms. The fraction of sp³-hybridized carbons (Fsp3) is 0.600. The van der Waals surface area contributed by atoms with Crippen LogP contribution < -0.4 is 0 Å². The lowest BCUT2D eigenvalue weighted by molar-refractivity contribution is 0.279. The van der Waals surface area contributed by atoms with Crippen LogP contribution in [0, 0.1) is 0 Å². The van der Waals surface area contributed by atoms with Gasteiger partial charge in [-0.25, -0.2) is 0 Å². The minimum atomic E-state index is -1.89. The van der Waals surface area contributed by atoms with Gasteiger partial charge < -0.3 is 0 Å². The average molecular weight is 149 g/mol. The van der Waals surface area contributed by atoms with Crippen LogP contribution in [-0.2, 0) is 13.6 Å². The van der Waals surface area contributed by atoms with Crippen molar-refractivity contribution < 1.29 is 13.6 Å². The Hall–Kier alpha value is -0.240. The molecule has 0 radical (unpaired) electrons.